The maximum absolute atomic E-state index is 12.5. The lowest BCUT2D eigenvalue weighted by Crippen LogP contribution is -1.99. The van der Waals surface area contributed by atoms with Crippen LogP contribution in [0.2, 0.25) is 0 Å². The van der Waals surface area contributed by atoms with Gasteiger partial charge in [-0.3, -0.25) is 9.59 Å². The second-order valence-corrected chi connectivity index (χ2v) is 9.39. The van der Waals surface area contributed by atoms with Crippen molar-refractivity contribution < 1.29 is 28.5 Å². The Labute approximate surface area is 251 Å². The van der Waals surface area contributed by atoms with Crippen LogP contribution >= 0.6 is 0 Å². The molecule has 0 aliphatic carbocycles. The van der Waals surface area contributed by atoms with E-state index in [9.17, 15) is 9.59 Å². The summed E-state index contributed by atoms with van der Waals surface area (Å²) < 4.78 is 21.5. The van der Waals surface area contributed by atoms with Crippen LogP contribution in [0.1, 0.15) is 31.8 Å². The van der Waals surface area contributed by atoms with Gasteiger partial charge in [0.1, 0.15) is 23.0 Å². The van der Waals surface area contributed by atoms with Crippen molar-refractivity contribution >= 4 is 22.9 Å². The lowest BCUT2D eigenvalue weighted by atomic mass is 10.0. The summed E-state index contributed by atoms with van der Waals surface area (Å²) in [4.78, 5) is 24.9. The lowest BCUT2D eigenvalue weighted by Gasteiger charge is -2.13. The minimum Gasteiger partial charge on any atom is -0.497 e. The number of methoxy groups -OCH3 is 4. The summed E-state index contributed by atoms with van der Waals surface area (Å²) in [6.07, 6.45) is 6.78. The Bertz CT molecular complexity index is 1490. The van der Waals surface area contributed by atoms with Crippen molar-refractivity contribution in [3.8, 4) is 23.0 Å². The molecule has 0 atom stereocenters. The van der Waals surface area contributed by atoms with Gasteiger partial charge in [-0.15, -0.1) is 0 Å². The first-order valence-corrected chi connectivity index (χ1v) is 13.5. The van der Waals surface area contributed by atoms with E-state index in [1.165, 1.54) is 12.2 Å². The number of benzene rings is 4. The third-order valence-electron chi connectivity index (χ3n) is 6.64. The highest BCUT2D eigenvalue weighted by molar-refractivity contribution is 6.05. The van der Waals surface area contributed by atoms with Crippen molar-refractivity contribution in [3.63, 3.8) is 0 Å². The van der Waals surface area contributed by atoms with Crippen LogP contribution in [-0.4, -0.2) is 40.0 Å². The van der Waals surface area contributed by atoms with Gasteiger partial charge < -0.3 is 29.6 Å². The molecule has 0 saturated heterocycles. The number of carbonyl (C=O) groups excluding carboxylic acids is 2. The van der Waals surface area contributed by atoms with Crippen molar-refractivity contribution in [2.24, 2.45) is 0 Å². The average Bonchev–Trinajstić information content (AvgIpc) is 3.05. The van der Waals surface area contributed by atoms with Gasteiger partial charge in [0.2, 0.25) is 0 Å². The molecule has 0 unspecified atom stereocenters. The SMILES string of the molecule is COc1ccc(C(=O)/C=C/Nc2ccc(Cc3ccc(N/C=C/C(=O)c4ccc(OC)cc4)c(OC)c3)cc2OC)cc1. The fourth-order valence-electron chi connectivity index (χ4n) is 4.28. The Morgan fingerprint density at radius 1 is 0.558 bits per heavy atom. The highest BCUT2D eigenvalue weighted by atomic mass is 16.5. The molecule has 0 aliphatic heterocycles. The summed E-state index contributed by atoms with van der Waals surface area (Å²) >= 11 is 0. The van der Waals surface area contributed by atoms with Gasteiger partial charge in [0.05, 0.1) is 39.8 Å². The van der Waals surface area contributed by atoms with Crippen LogP contribution in [0.15, 0.2) is 109 Å². The van der Waals surface area contributed by atoms with E-state index in [-0.39, 0.29) is 11.6 Å². The number of carbonyl (C=O) groups is 2. The Hall–Kier alpha value is -5.50. The van der Waals surface area contributed by atoms with Crippen LogP contribution in [0.5, 0.6) is 23.0 Å². The van der Waals surface area contributed by atoms with E-state index in [1.54, 1.807) is 89.4 Å². The van der Waals surface area contributed by atoms with Gasteiger partial charge >= 0.3 is 0 Å². The zero-order chi connectivity index (χ0) is 30.6. The zero-order valence-corrected chi connectivity index (χ0v) is 24.5. The summed E-state index contributed by atoms with van der Waals surface area (Å²) in [5, 5.41) is 6.26. The standard InChI is InChI=1S/C35H34N2O6/c1-40-28-11-7-26(8-12-28)32(38)17-19-36-30-15-5-24(22-34(30)42-3)21-25-6-16-31(35(23-25)43-4)37-20-18-33(39)27-9-13-29(41-2)14-10-27/h5-20,22-23,36-37H,21H2,1-4H3/b19-17+,20-18+. The predicted octanol–water partition coefficient (Wildman–Crippen LogP) is 6.93. The molecule has 220 valence electrons. The first kappa shape index (κ1) is 30.5. The monoisotopic (exact) mass is 578 g/mol. The van der Waals surface area contributed by atoms with E-state index < -0.39 is 0 Å². The van der Waals surface area contributed by atoms with Gasteiger partial charge in [0.25, 0.3) is 0 Å². The largest absolute Gasteiger partial charge is 0.497 e. The van der Waals surface area contributed by atoms with Crippen LogP contribution in [0.4, 0.5) is 11.4 Å². The molecule has 43 heavy (non-hydrogen) atoms. The molecule has 0 saturated carbocycles. The van der Waals surface area contributed by atoms with Crippen molar-refractivity contribution in [1.82, 2.24) is 0 Å². The van der Waals surface area contributed by atoms with Gasteiger partial charge in [-0.05, 0) is 90.3 Å². The Morgan fingerprint density at radius 2 is 0.953 bits per heavy atom. The molecule has 0 bridgehead atoms. The van der Waals surface area contributed by atoms with Crippen molar-refractivity contribution in [1.29, 1.82) is 0 Å². The maximum atomic E-state index is 12.5. The molecule has 8 nitrogen and oxygen atoms in total. The molecule has 0 spiro atoms. The molecule has 4 rings (SSSR count). The lowest BCUT2D eigenvalue weighted by molar-refractivity contribution is 0.103. The summed E-state index contributed by atoms with van der Waals surface area (Å²) in [7, 11) is 6.38. The second-order valence-electron chi connectivity index (χ2n) is 9.39. The van der Waals surface area contributed by atoms with E-state index in [0.29, 0.717) is 40.5 Å². The molecular weight excluding hydrogens is 544 g/mol. The molecule has 0 aliphatic rings. The van der Waals surface area contributed by atoms with E-state index in [2.05, 4.69) is 10.6 Å². The van der Waals surface area contributed by atoms with Gasteiger partial charge in [0.15, 0.2) is 11.6 Å². The van der Waals surface area contributed by atoms with Gasteiger partial charge in [-0.2, -0.15) is 0 Å². The smallest absolute Gasteiger partial charge is 0.187 e. The number of anilines is 2. The molecule has 0 heterocycles. The number of nitrogens with one attached hydrogen (secondary N) is 2. The summed E-state index contributed by atoms with van der Waals surface area (Å²) in [5.74, 6) is 2.43. The van der Waals surface area contributed by atoms with Gasteiger partial charge in [-0.1, -0.05) is 12.1 Å². The van der Waals surface area contributed by atoms with Crippen molar-refractivity contribution in [3.05, 3.63) is 132 Å². The minimum absolute atomic E-state index is 0.128. The van der Waals surface area contributed by atoms with Crippen molar-refractivity contribution in [2.75, 3.05) is 39.1 Å². The maximum Gasteiger partial charge on any atom is 0.187 e. The summed E-state index contributed by atoms with van der Waals surface area (Å²) in [5.41, 5.74) is 4.67. The highest BCUT2D eigenvalue weighted by Gasteiger charge is 2.09. The van der Waals surface area contributed by atoms with Crippen LogP contribution in [0.25, 0.3) is 0 Å². The van der Waals surface area contributed by atoms with E-state index in [0.717, 1.165) is 22.5 Å². The Kier molecular flexibility index (Phi) is 10.6. The molecule has 2 N–H and O–H groups in total. The van der Waals surface area contributed by atoms with Gasteiger partial charge in [-0.25, -0.2) is 0 Å². The third-order valence-corrected chi connectivity index (χ3v) is 6.64. The molecule has 8 heteroatoms. The first-order chi connectivity index (χ1) is 20.9. The molecule has 4 aromatic rings. The fraction of sp³-hybridized carbons (Fsp3) is 0.143. The summed E-state index contributed by atoms with van der Waals surface area (Å²) in [6, 6.07) is 25.6. The molecule has 0 aromatic heterocycles. The normalized spacial score (nSPS) is 10.9. The van der Waals surface area contributed by atoms with Crippen molar-refractivity contribution in [2.45, 2.75) is 6.42 Å². The Morgan fingerprint density at radius 3 is 1.30 bits per heavy atom. The van der Waals surface area contributed by atoms with Crippen LogP contribution in [0, 0.1) is 0 Å². The number of hydrogen-bond donors (Lipinski definition) is 2. The van der Waals surface area contributed by atoms with E-state index in [4.69, 9.17) is 18.9 Å². The van der Waals surface area contributed by atoms with E-state index in [1.807, 2.05) is 36.4 Å². The topological polar surface area (TPSA) is 95.1 Å². The number of hydrogen-bond acceptors (Lipinski definition) is 8. The zero-order valence-electron chi connectivity index (χ0n) is 24.5. The average molecular weight is 579 g/mol. The van der Waals surface area contributed by atoms with E-state index >= 15 is 0 Å². The minimum atomic E-state index is -0.128. The highest BCUT2D eigenvalue weighted by Crippen LogP contribution is 2.30. The molecule has 0 radical (unpaired) electrons. The Balaban J connectivity index is 1.37. The number of rotatable bonds is 14. The number of ketones is 2. The number of allylic oxidation sites excluding steroid dienone is 2. The molecule has 0 fully saturated rings. The second kappa shape index (κ2) is 14.9. The number of ether oxygens (including phenoxy) is 4. The predicted molar refractivity (Wildman–Crippen MR) is 169 cm³/mol. The third kappa shape index (κ3) is 8.27. The quantitative estimate of drug-likeness (QED) is 0.123. The summed E-state index contributed by atoms with van der Waals surface area (Å²) in [6.45, 7) is 0. The van der Waals surface area contributed by atoms with Crippen LogP contribution < -0.4 is 29.6 Å². The van der Waals surface area contributed by atoms with Crippen LogP contribution in [0.3, 0.4) is 0 Å². The first-order valence-electron chi connectivity index (χ1n) is 13.5. The van der Waals surface area contributed by atoms with Gasteiger partial charge in [0, 0.05) is 35.7 Å². The fourth-order valence-corrected chi connectivity index (χ4v) is 4.28. The van der Waals surface area contributed by atoms with Crippen LogP contribution in [-0.2, 0) is 6.42 Å². The molecular formula is C35H34N2O6. The molecule has 0 amide bonds. The molecule has 4 aromatic carbocycles.